The molecule has 0 spiro atoms. The molecule has 0 heterocycles. The number of benzene rings is 1. The summed E-state index contributed by atoms with van der Waals surface area (Å²) in [5, 5.41) is 3.35. The maximum atomic E-state index is 5.14. The molecular formula is C13H21NO. The minimum atomic E-state index is 0.468. The normalized spacial score (nSPS) is 12.5. The molecule has 0 amide bonds. The highest BCUT2D eigenvalue weighted by Crippen LogP contribution is 2.21. The number of methoxy groups -OCH3 is 1. The fourth-order valence-corrected chi connectivity index (χ4v) is 1.72. The first-order chi connectivity index (χ1) is 7.31. The molecular weight excluding hydrogens is 186 g/mol. The summed E-state index contributed by atoms with van der Waals surface area (Å²) in [6.07, 6.45) is 3.70. The highest BCUT2D eigenvalue weighted by atomic mass is 16.5. The van der Waals surface area contributed by atoms with Gasteiger partial charge in [-0.2, -0.15) is 0 Å². The molecule has 1 rings (SSSR count). The molecule has 1 atom stereocenters. The smallest absolute Gasteiger partial charge is 0.118 e. The van der Waals surface area contributed by atoms with Gasteiger partial charge in [-0.15, -0.1) is 0 Å². The van der Waals surface area contributed by atoms with Gasteiger partial charge in [-0.05, 0) is 31.2 Å². The standard InChI is InChI=1S/C13H21NO/c1-4-5-6-13(14-2)11-7-9-12(15-3)10-8-11/h7-10,13-14H,4-6H2,1-3H3. The van der Waals surface area contributed by atoms with Crippen LogP contribution in [0.5, 0.6) is 5.75 Å². The van der Waals surface area contributed by atoms with Crippen LogP contribution in [-0.4, -0.2) is 14.2 Å². The molecule has 1 aromatic carbocycles. The van der Waals surface area contributed by atoms with Gasteiger partial charge in [-0.1, -0.05) is 31.9 Å². The zero-order chi connectivity index (χ0) is 11.1. The van der Waals surface area contributed by atoms with Crippen LogP contribution < -0.4 is 10.1 Å². The molecule has 0 aliphatic carbocycles. The van der Waals surface area contributed by atoms with Gasteiger partial charge in [0, 0.05) is 6.04 Å². The molecule has 0 saturated heterocycles. The van der Waals surface area contributed by atoms with Gasteiger partial charge in [0.2, 0.25) is 0 Å². The zero-order valence-electron chi connectivity index (χ0n) is 9.92. The Kier molecular flexibility index (Phi) is 5.19. The molecule has 0 saturated carbocycles. The Balaban J connectivity index is 2.65. The van der Waals surface area contributed by atoms with Crippen molar-refractivity contribution in [3.8, 4) is 5.75 Å². The largest absolute Gasteiger partial charge is 0.497 e. The summed E-state index contributed by atoms with van der Waals surface area (Å²) in [7, 11) is 3.71. The van der Waals surface area contributed by atoms with Crippen molar-refractivity contribution in [2.24, 2.45) is 0 Å². The molecule has 2 heteroatoms. The molecule has 2 nitrogen and oxygen atoms in total. The van der Waals surface area contributed by atoms with E-state index in [1.165, 1.54) is 24.8 Å². The zero-order valence-corrected chi connectivity index (χ0v) is 9.92. The average Bonchev–Trinajstić information content (AvgIpc) is 2.31. The van der Waals surface area contributed by atoms with Crippen LogP contribution in [0.25, 0.3) is 0 Å². The Morgan fingerprint density at radius 2 is 1.93 bits per heavy atom. The lowest BCUT2D eigenvalue weighted by atomic mass is 10.0. The van der Waals surface area contributed by atoms with Crippen molar-refractivity contribution in [3.05, 3.63) is 29.8 Å². The maximum absolute atomic E-state index is 5.14. The monoisotopic (exact) mass is 207 g/mol. The molecule has 0 fully saturated rings. The van der Waals surface area contributed by atoms with Crippen molar-refractivity contribution in [2.45, 2.75) is 32.2 Å². The SMILES string of the molecule is CCCCC(NC)c1ccc(OC)cc1. The van der Waals surface area contributed by atoms with Crippen LogP contribution in [-0.2, 0) is 0 Å². The second-order valence-electron chi connectivity index (χ2n) is 3.76. The van der Waals surface area contributed by atoms with Gasteiger partial charge in [0.1, 0.15) is 5.75 Å². The van der Waals surface area contributed by atoms with E-state index < -0.39 is 0 Å². The second kappa shape index (κ2) is 6.46. The first-order valence-corrected chi connectivity index (χ1v) is 5.63. The molecule has 1 unspecified atom stereocenters. The van der Waals surface area contributed by atoms with Gasteiger partial charge < -0.3 is 10.1 Å². The highest BCUT2D eigenvalue weighted by Gasteiger charge is 2.07. The summed E-state index contributed by atoms with van der Waals surface area (Å²) in [4.78, 5) is 0. The third-order valence-corrected chi connectivity index (χ3v) is 2.71. The third-order valence-electron chi connectivity index (χ3n) is 2.71. The lowest BCUT2D eigenvalue weighted by Gasteiger charge is -2.16. The van der Waals surface area contributed by atoms with Crippen LogP contribution in [0.1, 0.15) is 37.8 Å². The van der Waals surface area contributed by atoms with Crippen molar-refractivity contribution < 1.29 is 4.74 Å². The minimum Gasteiger partial charge on any atom is -0.497 e. The van der Waals surface area contributed by atoms with Gasteiger partial charge in [-0.3, -0.25) is 0 Å². The minimum absolute atomic E-state index is 0.468. The van der Waals surface area contributed by atoms with Crippen molar-refractivity contribution in [1.82, 2.24) is 5.32 Å². The van der Waals surface area contributed by atoms with Crippen LogP contribution in [0, 0.1) is 0 Å². The van der Waals surface area contributed by atoms with E-state index in [0.717, 1.165) is 5.75 Å². The molecule has 0 aliphatic heterocycles. The van der Waals surface area contributed by atoms with E-state index in [1.807, 2.05) is 19.2 Å². The van der Waals surface area contributed by atoms with Crippen molar-refractivity contribution in [2.75, 3.05) is 14.2 Å². The Morgan fingerprint density at radius 3 is 2.40 bits per heavy atom. The third kappa shape index (κ3) is 3.56. The first-order valence-electron chi connectivity index (χ1n) is 5.63. The van der Waals surface area contributed by atoms with E-state index >= 15 is 0 Å². The lowest BCUT2D eigenvalue weighted by Crippen LogP contribution is -2.16. The van der Waals surface area contributed by atoms with Crippen LogP contribution in [0.4, 0.5) is 0 Å². The molecule has 84 valence electrons. The van der Waals surface area contributed by atoms with Crippen LogP contribution in [0.3, 0.4) is 0 Å². The number of hydrogen-bond donors (Lipinski definition) is 1. The van der Waals surface area contributed by atoms with Crippen LogP contribution in [0.15, 0.2) is 24.3 Å². The number of hydrogen-bond acceptors (Lipinski definition) is 2. The Labute approximate surface area is 92.6 Å². The van der Waals surface area contributed by atoms with Gasteiger partial charge in [0.25, 0.3) is 0 Å². The number of unbranched alkanes of at least 4 members (excludes halogenated alkanes) is 1. The fourth-order valence-electron chi connectivity index (χ4n) is 1.72. The van der Waals surface area contributed by atoms with E-state index in [4.69, 9.17) is 4.74 Å². The molecule has 0 aliphatic rings. The molecule has 15 heavy (non-hydrogen) atoms. The maximum Gasteiger partial charge on any atom is 0.118 e. The Morgan fingerprint density at radius 1 is 1.27 bits per heavy atom. The van der Waals surface area contributed by atoms with Gasteiger partial charge in [0.15, 0.2) is 0 Å². The van der Waals surface area contributed by atoms with Gasteiger partial charge in [0.05, 0.1) is 7.11 Å². The van der Waals surface area contributed by atoms with Crippen LogP contribution in [0.2, 0.25) is 0 Å². The number of rotatable bonds is 6. The molecule has 0 bridgehead atoms. The van der Waals surface area contributed by atoms with Crippen molar-refractivity contribution in [1.29, 1.82) is 0 Å². The molecule has 1 aromatic rings. The summed E-state index contributed by atoms with van der Waals surface area (Å²) in [6.45, 7) is 2.22. The summed E-state index contributed by atoms with van der Waals surface area (Å²) in [5.41, 5.74) is 1.34. The first kappa shape index (κ1) is 12.1. The Hall–Kier alpha value is -1.02. The summed E-state index contributed by atoms with van der Waals surface area (Å²) >= 11 is 0. The topological polar surface area (TPSA) is 21.3 Å². The predicted octanol–water partition coefficient (Wildman–Crippen LogP) is 3.15. The quantitative estimate of drug-likeness (QED) is 0.773. The highest BCUT2D eigenvalue weighted by molar-refractivity contribution is 5.29. The van der Waals surface area contributed by atoms with Crippen LogP contribution >= 0.6 is 0 Å². The second-order valence-corrected chi connectivity index (χ2v) is 3.76. The number of nitrogens with one attached hydrogen (secondary N) is 1. The van der Waals surface area contributed by atoms with E-state index in [9.17, 15) is 0 Å². The molecule has 0 aromatic heterocycles. The van der Waals surface area contributed by atoms with E-state index in [0.29, 0.717) is 6.04 Å². The van der Waals surface area contributed by atoms with E-state index in [-0.39, 0.29) is 0 Å². The average molecular weight is 207 g/mol. The summed E-state index contributed by atoms with van der Waals surface area (Å²) < 4.78 is 5.14. The summed E-state index contributed by atoms with van der Waals surface area (Å²) in [5.74, 6) is 0.920. The van der Waals surface area contributed by atoms with Gasteiger partial charge >= 0.3 is 0 Å². The van der Waals surface area contributed by atoms with E-state index in [2.05, 4.69) is 24.4 Å². The van der Waals surface area contributed by atoms with E-state index in [1.54, 1.807) is 7.11 Å². The molecule has 1 N–H and O–H groups in total. The lowest BCUT2D eigenvalue weighted by molar-refractivity contribution is 0.414. The fraction of sp³-hybridized carbons (Fsp3) is 0.538. The van der Waals surface area contributed by atoms with Crippen molar-refractivity contribution in [3.63, 3.8) is 0 Å². The molecule has 0 radical (unpaired) electrons. The summed E-state index contributed by atoms with van der Waals surface area (Å²) in [6, 6.07) is 8.78. The van der Waals surface area contributed by atoms with Crippen molar-refractivity contribution >= 4 is 0 Å². The number of ether oxygens (including phenoxy) is 1. The Bertz CT molecular complexity index is 268. The van der Waals surface area contributed by atoms with Gasteiger partial charge in [-0.25, -0.2) is 0 Å². The predicted molar refractivity (Wildman–Crippen MR) is 64.3 cm³/mol.